The van der Waals surface area contributed by atoms with E-state index in [4.69, 9.17) is 21.7 Å². The molecule has 0 bridgehead atoms. The van der Waals surface area contributed by atoms with E-state index < -0.39 is 0 Å². The molecule has 0 N–H and O–H groups in total. The summed E-state index contributed by atoms with van der Waals surface area (Å²) < 4.78 is 15.4. The van der Waals surface area contributed by atoms with Crippen molar-refractivity contribution < 1.29 is 9.47 Å². The summed E-state index contributed by atoms with van der Waals surface area (Å²) in [6, 6.07) is 14.7. The summed E-state index contributed by atoms with van der Waals surface area (Å²) in [4.78, 5) is 4.99. The van der Waals surface area contributed by atoms with Gasteiger partial charge in [-0.2, -0.15) is 0 Å². The number of rotatable bonds is 4. The first kappa shape index (κ1) is 17.2. The fourth-order valence-corrected chi connectivity index (χ4v) is 5.04. The largest absolute Gasteiger partial charge is 0.454 e. The van der Waals surface area contributed by atoms with Crippen LogP contribution >= 0.6 is 23.6 Å². The van der Waals surface area contributed by atoms with Crippen molar-refractivity contribution in [2.75, 3.05) is 33.0 Å². The van der Waals surface area contributed by atoms with Gasteiger partial charge >= 0.3 is 0 Å². The number of thiazole rings is 1. The number of benzene rings is 2. The van der Waals surface area contributed by atoms with E-state index >= 15 is 0 Å². The number of hydrogen-bond acceptors (Lipinski definition) is 6. The van der Waals surface area contributed by atoms with Crippen LogP contribution in [0.3, 0.4) is 0 Å². The highest BCUT2D eigenvalue weighted by molar-refractivity contribution is 7.73. The molecule has 7 heteroatoms. The van der Waals surface area contributed by atoms with Crippen LogP contribution in [0.25, 0.3) is 10.2 Å². The van der Waals surface area contributed by atoms with Crippen molar-refractivity contribution in [3.8, 4) is 11.5 Å². The van der Waals surface area contributed by atoms with E-state index in [-0.39, 0.29) is 0 Å². The fraction of sp³-hybridized carbons (Fsp3) is 0.350. The highest BCUT2D eigenvalue weighted by Gasteiger charge is 2.19. The van der Waals surface area contributed by atoms with Crippen molar-refractivity contribution in [3.05, 3.63) is 52.0 Å². The third-order valence-electron chi connectivity index (χ3n) is 5.22. The molecule has 1 saturated heterocycles. The molecule has 5 nitrogen and oxygen atoms in total. The second-order valence-corrected chi connectivity index (χ2v) is 8.66. The Balaban J connectivity index is 1.21. The summed E-state index contributed by atoms with van der Waals surface area (Å²) in [5, 5.41) is 0. The topological polar surface area (TPSA) is 29.9 Å². The fourth-order valence-electron chi connectivity index (χ4n) is 3.73. The molecule has 0 atom stereocenters. The van der Waals surface area contributed by atoms with Crippen LogP contribution in [0.5, 0.6) is 11.5 Å². The summed E-state index contributed by atoms with van der Waals surface area (Å²) in [7, 11) is 0. The molecule has 3 aromatic rings. The second-order valence-electron chi connectivity index (χ2n) is 6.99. The molecule has 0 saturated carbocycles. The minimum Gasteiger partial charge on any atom is -0.454 e. The molecule has 0 spiro atoms. The zero-order valence-corrected chi connectivity index (χ0v) is 16.6. The van der Waals surface area contributed by atoms with Crippen LogP contribution in [0.2, 0.25) is 0 Å². The van der Waals surface area contributed by atoms with Gasteiger partial charge in [0.1, 0.15) is 0 Å². The number of para-hydroxylation sites is 1. The third kappa shape index (κ3) is 3.48. The van der Waals surface area contributed by atoms with Gasteiger partial charge in [-0.15, -0.1) is 11.3 Å². The van der Waals surface area contributed by atoms with Crippen LogP contribution in [0.15, 0.2) is 42.5 Å². The minimum absolute atomic E-state index is 0.331. The molecule has 27 heavy (non-hydrogen) atoms. The molecule has 0 unspecified atom stereocenters. The standard InChI is InChI=1S/C20H21N3O2S2/c26-20-23(16-3-1-2-4-19(16)27-20)13-22-9-7-21(8-10-22)12-15-5-6-17-18(11-15)25-14-24-17/h1-6,11H,7-10,12-14H2. The lowest BCUT2D eigenvalue weighted by Crippen LogP contribution is -2.46. The molecule has 5 rings (SSSR count). The number of fused-ring (bicyclic) bond motifs is 2. The van der Waals surface area contributed by atoms with Crippen LogP contribution in [0.4, 0.5) is 0 Å². The van der Waals surface area contributed by atoms with Crippen LogP contribution in [-0.4, -0.2) is 47.3 Å². The number of aromatic nitrogens is 1. The summed E-state index contributed by atoms with van der Waals surface area (Å²) in [6.45, 7) is 6.38. The van der Waals surface area contributed by atoms with E-state index in [0.29, 0.717) is 6.79 Å². The van der Waals surface area contributed by atoms with Crippen LogP contribution in [0, 0.1) is 3.95 Å². The average molecular weight is 400 g/mol. The molecule has 1 fully saturated rings. The average Bonchev–Trinajstić information content (AvgIpc) is 3.27. The normalized spacial score (nSPS) is 17.6. The van der Waals surface area contributed by atoms with E-state index in [1.165, 1.54) is 15.8 Å². The van der Waals surface area contributed by atoms with Crippen molar-refractivity contribution in [2.24, 2.45) is 0 Å². The molecule has 3 heterocycles. The maximum atomic E-state index is 5.59. The first-order chi connectivity index (χ1) is 13.3. The van der Waals surface area contributed by atoms with Gasteiger partial charge in [0.15, 0.2) is 15.5 Å². The lowest BCUT2D eigenvalue weighted by Gasteiger charge is -2.34. The third-order valence-corrected chi connectivity index (χ3v) is 6.65. The Morgan fingerprint density at radius 3 is 2.59 bits per heavy atom. The number of nitrogens with zero attached hydrogens (tertiary/aromatic N) is 3. The predicted molar refractivity (Wildman–Crippen MR) is 110 cm³/mol. The number of hydrogen-bond donors (Lipinski definition) is 0. The Morgan fingerprint density at radius 1 is 0.926 bits per heavy atom. The van der Waals surface area contributed by atoms with E-state index in [9.17, 15) is 0 Å². The van der Waals surface area contributed by atoms with Crippen LogP contribution in [0.1, 0.15) is 5.56 Å². The molecular formula is C20H21N3O2S2. The van der Waals surface area contributed by atoms with Gasteiger partial charge in [0.2, 0.25) is 6.79 Å². The zero-order valence-electron chi connectivity index (χ0n) is 15.0. The van der Waals surface area contributed by atoms with E-state index in [1.54, 1.807) is 11.3 Å². The van der Waals surface area contributed by atoms with E-state index in [0.717, 1.165) is 54.8 Å². The predicted octanol–water partition coefficient (Wildman–Crippen LogP) is 3.94. The summed E-state index contributed by atoms with van der Waals surface area (Å²) >= 11 is 7.29. The van der Waals surface area contributed by atoms with Gasteiger partial charge in [-0.3, -0.25) is 9.80 Å². The molecular weight excluding hydrogens is 378 g/mol. The lowest BCUT2D eigenvalue weighted by molar-refractivity contribution is 0.104. The molecule has 0 radical (unpaired) electrons. The quantitative estimate of drug-likeness (QED) is 0.620. The molecule has 0 amide bonds. The SMILES string of the molecule is S=c1sc2ccccc2n1CN1CCN(Cc2ccc3c(c2)OCO3)CC1. The van der Waals surface area contributed by atoms with Gasteiger partial charge in [-0.25, -0.2) is 0 Å². The van der Waals surface area contributed by atoms with Crippen LogP contribution < -0.4 is 9.47 Å². The number of piperazine rings is 1. The Kier molecular flexibility index (Phi) is 4.61. The Hall–Kier alpha value is -1.93. The van der Waals surface area contributed by atoms with Crippen LogP contribution in [-0.2, 0) is 13.2 Å². The second kappa shape index (κ2) is 7.24. The highest BCUT2D eigenvalue weighted by atomic mass is 32.1. The van der Waals surface area contributed by atoms with Gasteiger partial charge in [-0.1, -0.05) is 18.2 Å². The van der Waals surface area contributed by atoms with E-state index in [2.05, 4.69) is 50.8 Å². The Bertz CT molecular complexity index is 1020. The van der Waals surface area contributed by atoms with Crippen molar-refractivity contribution >= 4 is 33.8 Å². The van der Waals surface area contributed by atoms with Gasteiger partial charge in [0.05, 0.1) is 16.9 Å². The van der Waals surface area contributed by atoms with E-state index in [1.807, 2.05) is 6.07 Å². The van der Waals surface area contributed by atoms with Crippen molar-refractivity contribution in [1.29, 1.82) is 0 Å². The first-order valence-corrected chi connectivity index (χ1v) is 10.4. The molecule has 0 aliphatic carbocycles. The Labute approximate surface area is 167 Å². The van der Waals surface area contributed by atoms with Crippen molar-refractivity contribution in [2.45, 2.75) is 13.2 Å². The molecule has 140 valence electrons. The van der Waals surface area contributed by atoms with Gasteiger partial charge < -0.3 is 14.0 Å². The van der Waals surface area contributed by atoms with Crippen molar-refractivity contribution in [1.82, 2.24) is 14.4 Å². The molecule has 2 aliphatic heterocycles. The maximum absolute atomic E-state index is 5.59. The maximum Gasteiger partial charge on any atom is 0.231 e. The minimum atomic E-state index is 0.331. The summed E-state index contributed by atoms with van der Waals surface area (Å²) in [5.41, 5.74) is 2.52. The van der Waals surface area contributed by atoms with Gasteiger partial charge in [-0.05, 0) is 42.0 Å². The Morgan fingerprint density at radius 2 is 1.70 bits per heavy atom. The molecule has 2 aromatic carbocycles. The first-order valence-electron chi connectivity index (χ1n) is 9.18. The smallest absolute Gasteiger partial charge is 0.231 e. The highest BCUT2D eigenvalue weighted by Crippen LogP contribution is 2.33. The zero-order chi connectivity index (χ0) is 18.2. The number of ether oxygens (including phenoxy) is 2. The summed E-state index contributed by atoms with van der Waals surface area (Å²) in [6.07, 6.45) is 0. The summed E-state index contributed by atoms with van der Waals surface area (Å²) in [5.74, 6) is 1.72. The van der Waals surface area contributed by atoms with Gasteiger partial charge in [0.25, 0.3) is 0 Å². The lowest BCUT2D eigenvalue weighted by atomic mass is 10.1. The monoisotopic (exact) mass is 399 g/mol. The van der Waals surface area contributed by atoms with Crippen molar-refractivity contribution in [3.63, 3.8) is 0 Å². The van der Waals surface area contributed by atoms with Gasteiger partial charge in [0, 0.05) is 32.7 Å². The molecule has 2 aliphatic rings. The molecule has 1 aromatic heterocycles.